The number of anilines is 1. The van der Waals surface area contributed by atoms with Crippen LogP contribution in [0.1, 0.15) is 22.3 Å². The number of hydrogen-bond donors (Lipinski definition) is 1. The Balaban J connectivity index is 1.43. The predicted molar refractivity (Wildman–Crippen MR) is 96.8 cm³/mol. The Bertz CT molecular complexity index is 833. The van der Waals surface area contributed by atoms with Gasteiger partial charge >= 0.3 is 0 Å². The van der Waals surface area contributed by atoms with Gasteiger partial charge in [-0.15, -0.1) is 0 Å². The Kier molecular flexibility index (Phi) is 3.92. The van der Waals surface area contributed by atoms with Gasteiger partial charge in [0, 0.05) is 43.6 Å². The van der Waals surface area contributed by atoms with Crippen molar-refractivity contribution in [3.8, 4) is 5.75 Å². The summed E-state index contributed by atoms with van der Waals surface area (Å²) in [6, 6.07) is 11.6. The zero-order chi connectivity index (χ0) is 17.4. The molecule has 5 heteroatoms. The molecule has 4 rings (SSSR count). The number of aromatic nitrogens is 1. The van der Waals surface area contributed by atoms with Crippen LogP contribution in [0.15, 0.2) is 54.9 Å². The number of para-hydroxylation sites is 1. The Hall–Kier alpha value is -2.82. The van der Waals surface area contributed by atoms with Gasteiger partial charge < -0.3 is 14.9 Å². The third kappa shape index (κ3) is 2.97. The number of carbonyl (C=O) groups is 1. The number of ketones is 1. The molecule has 0 aliphatic carbocycles. The minimum atomic E-state index is -0.168. The number of allylic oxidation sites excluding steroid dienone is 1. The number of piperazine rings is 1. The first-order valence-corrected chi connectivity index (χ1v) is 8.57. The van der Waals surface area contributed by atoms with Gasteiger partial charge in [0.15, 0.2) is 5.78 Å². The number of carbonyl (C=O) groups excluding carboxylic acids is 1. The highest BCUT2D eigenvalue weighted by Crippen LogP contribution is 2.34. The van der Waals surface area contributed by atoms with Crippen LogP contribution in [0, 0.1) is 6.92 Å². The van der Waals surface area contributed by atoms with E-state index in [0.717, 1.165) is 25.3 Å². The summed E-state index contributed by atoms with van der Waals surface area (Å²) in [4.78, 5) is 21.4. The normalized spacial score (nSPS) is 22.1. The van der Waals surface area contributed by atoms with Gasteiger partial charge in [-0.05, 0) is 43.2 Å². The number of benzene rings is 1. The average molecular weight is 335 g/mol. The highest BCUT2D eigenvalue weighted by molar-refractivity contribution is 6.06. The first-order valence-electron chi connectivity index (χ1n) is 8.57. The van der Waals surface area contributed by atoms with Crippen LogP contribution in [0.25, 0.3) is 0 Å². The van der Waals surface area contributed by atoms with Crippen LogP contribution in [0.5, 0.6) is 5.75 Å². The molecule has 128 valence electrons. The van der Waals surface area contributed by atoms with Gasteiger partial charge in [0.2, 0.25) is 0 Å². The molecule has 1 aromatic heterocycles. The summed E-state index contributed by atoms with van der Waals surface area (Å²) in [5.41, 5.74) is 1.56. The lowest BCUT2D eigenvalue weighted by atomic mass is 10.1. The second-order valence-electron chi connectivity index (χ2n) is 6.78. The monoisotopic (exact) mass is 335 g/mol. The zero-order valence-electron chi connectivity index (χ0n) is 14.2. The van der Waals surface area contributed by atoms with E-state index in [1.807, 2.05) is 18.5 Å². The number of rotatable bonds is 4. The number of phenols is 1. The van der Waals surface area contributed by atoms with Crippen LogP contribution in [0.4, 0.5) is 5.82 Å². The maximum absolute atomic E-state index is 12.3. The summed E-state index contributed by atoms with van der Waals surface area (Å²) in [7, 11) is 0. The molecule has 0 radical (unpaired) electrons. The quantitative estimate of drug-likeness (QED) is 0.688. The van der Waals surface area contributed by atoms with Crippen molar-refractivity contribution in [1.29, 1.82) is 0 Å². The molecule has 3 heterocycles. The fourth-order valence-corrected chi connectivity index (χ4v) is 3.77. The summed E-state index contributed by atoms with van der Waals surface area (Å²) in [6.07, 6.45) is 6.38. The number of aromatic hydroxyl groups is 1. The van der Waals surface area contributed by atoms with Crippen molar-refractivity contribution in [2.45, 2.75) is 25.4 Å². The van der Waals surface area contributed by atoms with Crippen LogP contribution in [0.2, 0.25) is 0 Å². The van der Waals surface area contributed by atoms with Crippen molar-refractivity contribution in [3.63, 3.8) is 0 Å². The molecule has 1 N–H and O–H groups in total. The van der Waals surface area contributed by atoms with E-state index in [-0.39, 0.29) is 11.5 Å². The zero-order valence-corrected chi connectivity index (χ0v) is 14.2. The van der Waals surface area contributed by atoms with E-state index in [4.69, 9.17) is 0 Å². The van der Waals surface area contributed by atoms with Gasteiger partial charge in [-0.2, -0.15) is 0 Å². The van der Waals surface area contributed by atoms with Crippen LogP contribution in [0.3, 0.4) is 0 Å². The Morgan fingerprint density at radius 1 is 1.24 bits per heavy atom. The minimum Gasteiger partial charge on any atom is -0.507 e. The Morgan fingerprint density at radius 2 is 2.08 bits per heavy atom. The Labute approximate surface area is 147 Å². The van der Waals surface area contributed by atoms with Crippen molar-refractivity contribution in [2.24, 2.45) is 0 Å². The van der Waals surface area contributed by atoms with Gasteiger partial charge in [0.05, 0.1) is 5.56 Å². The van der Waals surface area contributed by atoms with Crippen molar-refractivity contribution < 1.29 is 9.90 Å². The maximum atomic E-state index is 12.3. The lowest BCUT2D eigenvalue weighted by molar-refractivity contribution is 0.104. The third-order valence-corrected chi connectivity index (χ3v) is 5.07. The number of likely N-dealkylation sites (tertiary alicyclic amines) is 1. The molecule has 2 fully saturated rings. The van der Waals surface area contributed by atoms with Gasteiger partial charge in [0.25, 0.3) is 0 Å². The summed E-state index contributed by atoms with van der Waals surface area (Å²) in [6.45, 7) is 3.90. The van der Waals surface area contributed by atoms with Crippen LogP contribution in [-0.4, -0.2) is 45.9 Å². The molecule has 1 unspecified atom stereocenters. The van der Waals surface area contributed by atoms with Crippen molar-refractivity contribution in [2.75, 3.05) is 18.0 Å². The number of aryl methyl sites for hydroxylation is 1. The fourth-order valence-electron chi connectivity index (χ4n) is 3.77. The maximum Gasteiger partial charge on any atom is 0.190 e. The lowest BCUT2D eigenvalue weighted by Crippen LogP contribution is -2.44. The topological polar surface area (TPSA) is 56.7 Å². The first kappa shape index (κ1) is 15.7. The second-order valence-corrected chi connectivity index (χ2v) is 6.78. The molecule has 0 saturated carbocycles. The largest absolute Gasteiger partial charge is 0.507 e. The molecule has 0 amide bonds. The average Bonchev–Trinajstić information content (AvgIpc) is 3.20. The van der Waals surface area contributed by atoms with Crippen molar-refractivity contribution in [3.05, 3.63) is 66.0 Å². The molecule has 2 aromatic rings. The van der Waals surface area contributed by atoms with Crippen LogP contribution in [-0.2, 0) is 0 Å². The molecule has 2 saturated heterocycles. The van der Waals surface area contributed by atoms with E-state index >= 15 is 0 Å². The van der Waals surface area contributed by atoms with Gasteiger partial charge in [-0.1, -0.05) is 12.1 Å². The van der Waals surface area contributed by atoms with Crippen LogP contribution < -0.4 is 4.90 Å². The van der Waals surface area contributed by atoms with Gasteiger partial charge in [-0.3, -0.25) is 4.79 Å². The summed E-state index contributed by atoms with van der Waals surface area (Å²) in [5, 5.41) is 9.78. The molecule has 2 aliphatic rings. The lowest BCUT2D eigenvalue weighted by Gasteiger charge is -2.34. The first-order chi connectivity index (χ1) is 12.1. The SMILES string of the molecule is Cc1ccnc(N2C[C@H]3CC2CN3/C=C/C(=O)c2ccccc2O)c1. The standard InChI is InChI=1S/C20H21N3O2/c1-14-6-8-21-20(10-14)23-13-15-11-16(23)12-22(15)9-7-19(25)17-4-2-3-5-18(17)24/h2-10,15-16,24H,11-13H2,1H3/b9-7+/t15-,16?/m1/s1. The summed E-state index contributed by atoms with van der Waals surface area (Å²) in [5.74, 6) is 0.899. The Morgan fingerprint density at radius 3 is 2.80 bits per heavy atom. The van der Waals surface area contributed by atoms with Gasteiger partial charge in [-0.25, -0.2) is 4.98 Å². The predicted octanol–water partition coefficient (Wildman–Crippen LogP) is 2.76. The second kappa shape index (κ2) is 6.24. The number of nitrogens with zero attached hydrogens (tertiary/aromatic N) is 3. The molecular weight excluding hydrogens is 314 g/mol. The fraction of sp³-hybridized carbons (Fsp3) is 0.300. The molecule has 2 atom stereocenters. The van der Waals surface area contributed by atoms with E-state index in [1.165, 1.54) is 11.6 Å². The number of hydrogen-bond acceptors (Lipinski definition) is 5. The van der Waals surface area contributed by atoms with E-state index in [2.05, 4.69) is 27.8 Å². The summed E-state index contributed by atoms with van der Waals surface area (Å²) < 4.78 is 0. The molecule has 0 spiro atoms. The highest BCUT2D eigenvalue weighted by Gasteiger charge is 2.42. The molecule has 25 heavy (non-hydrogen) atoms. The molecular formula is C20H21N3O2. The number of phenolic OH excluding ortho intramolecular Hbond substituents is 1. The number of fused-ring (bicyclic) bond motifs is 2. The molecule has 1 aromatic carbocycles. The van der Waals surface area contributed by atoms with E-state index in [9.17, 15) is 9.90 Å². The molecule has 5 nitrogen and oxygen atoms in total. The molecule has 2 bridgehead atoms. The highest BCUT2D eigenvalue weighted by atomic mass is 16.3. The minimum absolute atomic E-state index is 0.0248. The van der Waals surface area contributed by atoms with Gasteiger partial charge in [0.1, 0.15) is 11.6 Å². The van der Waals surface area contributed by atoms with E-state index in [0.29, 0.717) is 17.6 Å². The van der Waals surface area contributed by atoms with Crippen molar-refractivity contribution >= 4 is 11.6 Å². The van der Waals surface area contributed by atoms with Crippen molar-refractivity contribution in [1.82, 2.24) is 9.88 Å². The third-order valence-electron chi connectivity index (χ3n) is 5.07. The van der Waals surface area contributed by atoms with E-state index < -0.39 is 0 Å². The number of pyridine rings is 1. The summed E-state index contributed by atoms with van der Waals surface area (Å²) >= 11 is 0. The van der Waals surface area contributed by atoms with Crippen LogP contribution >= 0.6 is 0 Å². The smallest absolute Gasteiger partial charge is 0.190 e. The molecule has 2 aliphatic heterocycles. The van der Waals surface area contributed by atoms with E-state index in [1.54, 1.807) is 24.3 Å².